The Morgan fingerprint density at radius 1 is 1.20 bits per heavy atom. The molecule has 0 radical (unpaired) electrons. The van der Waals surface area contributed by atoms with Crippen LogP contribution in [0.4, 0.5) is 5.82 Å². The third kappa shape index (κ3) is 2.47. The van der Waals surface area contributed by atoms with E-state index >= 15 is 0 Å². The molecular formula is C10H19N5. The molecule has 0 unspecified atom stereocenters. The topological polar surface area (TPSA) is 60.0 Å². The largest absolute Gasteiger partial charge is 0.381 e. The van der Waals surface area contributed by atoms with Gasteiger partial charge in [0.2, 0.25) is 0 Å². The lowest BCUT2D eigenvalue weighted by molar-refractivity contribution is 0.217. The molecule has 15 heavy (non-hydrogen) atoms. The number of nitrogen functional groups attached to an aromatic ring is 1. The highest BCUT2D eigenvalue weighted by Crippen LogP contribution is 2.09. The summed E-state index contributed by atoms with van der Waals surface area (Å²) in [4.78, 5) is 2.49. The van der Waals surface area contributed by atoms with Gasteiger partial charge in [0.1, 0.15) is 0 Å². The first-order valence-corrected chi connectivity index (χ1v) is 5.65. The van der Waals surface area contributed by atoms with E-state index in [0.717, 1.165) is 18.8 Å². The van der Waals surface area contributed by atoms with Crippen LogP contribution in [-0.4, -0.2) is 39.5 Å². The van der Waals surface area contributed by atoms with Crippen molar-refractivity contribution in [1.29, 1.82) is 0 Å². The second kappa shape index (κ2) is 4.61. The summed E-state index contributed by atoms with van der Waals surface area (Å²) < 4.78 is 1.89. The second-order valence-electron chi connectivity index (χ2n) is 4.19. The minimum atomic E-state index is 0.550. The van der Waals surface area contributed by atoms with Crippen molar-refractivity contribution in [2.75, 3.05) is 25.4 Å². The summed E-state index contributed by atoms with van der Waals surface area (Å²) in [6.45, 7) is 6.37. The fourth-order valence-electron chi connectivity index (χ4n) is 2.01. The fourth-order valence-corrected chi connectivity index (χ4v) is 2.01. The molecule has 0 atom stereocenters. The molecule has 2 N–H and O–H groups in total. The highest BCUT2D eigenvalue weighted by molar-refractivity contribution is 5.31. The van der Waals surface area contributed by atoms with Crippen LogP contribution in [0.2, 0.25) is 0 Å². The molecule has 2 heterocycles. The molecule has 0 saturated carbocycles. The molecule has 5 nitrogen and oxygen atoms in total. The van der Waals surface area contributed by atoms with Crippen LogP contribution in [0.1, 0.15) is 25.0 Å². The first-order valence-electron chi connectivity index (χ1n) is 5.65. The minimum absolute atomic E-state index is 0.550. The van der Waals surface area contributed by atoms with E-state index in [1.54, 1.807) is 0 Å². The summed E-state index contributed by atoms with van der Waals surface area (Å²) in [5, 5.41) is 7.87. The van der Waals surface area contributed by atoms with Crippen LogP contribution in [0.15, 0.2) is 0 Å². The Bertz CT molecular complexity index is 314. The number of likely N-dealkylation sites (tertiary alicyclic amines) is 1. The van der Waals surface area contributed by atoms with Crippen LogP contribution in [0, 0.1) is 6.92 Å². The van der Waals surface area contributed by atoms with Crippen LogP contribution in [0.25, 0.3) is 0 Å². The molecular weight excluding hydrogens is 190 g/mol. The van der Waals surface area contributed by atoms with Gasteiger partial charge in [-0.25, -0.2) is 4.68 Å². The van der Waals surface area contributed by atoms with E-state index in [9.17, 15) is 0 Å². The first-order chi connectivity index (χ1) is 7.27. The summed E-state index contributed by atoms with van der Waals surface area (Å²) >= 11 is 0. The van der Waals surface area contributed by atoms with Crippen molar-refractivity contribution in [1.82, 2.24) is 19.9 Å². The number of nitrogens with two attached hydrogens (primary N) is 1. The number of nitrogens with zero attached hydrogens (tertiary/aromatic N) is 4. The summed E-state index contributed by atoms with van der Waals surface area (Å²) in [6.07, 6.45) is 4.04. The summed E-state index contributed by atoms with van der Waals surface area (Å²) in [6, 6.07) is 0. The van der Waals surface area contributed by atoms with E-state index in [-0.39, 0.29) is 0 Å². The smallest absolute Gasteiger partial charge is 0.168 e. The molecule has 0 amide bonds. The number of anilines is 1. The van der Waals surface area contributed by atoms with Gasteiger partial charge >= 0.3 is 0 Å². The van der Waals surface area contributed by atoms with Gasteiger partial charge in [-0.05, 0) is 32.9 Å². The summed E-state index contributed by atoms with van der Waals surface area (Å²) in [5.74, 6) is 0.550. The fraction of sp³-hybridized carbons (Fsp3) is 0.800. The molecule has 1 fully saturated rings. The lowest BCUT2D eigenvalue weighted by Crippen LogP contribution is -2.32. The third-order valence-electron chi connectivity index (χ3n) is 3.09. The Morgan fingerprint density at radius 2 is 1.93 bits per heavy atom. The molecule has 1 aromatic heterocycles. The predicted octanol–water partition coefficient (Wildman–Crippen LogP) is 0.655. The van der Waals surface area contributed by atoms with E-state index in [2.05, 4.69) is 15.2 Å². The maximum absolute atomic E-state index is 5.64. The zero-order valence-corrected chi connectivity index (χ0v) is 9.32. The van der Waals surface area contributed by atoms with Gasteiger partial charge in [-0.15, -0.1) is 5.10 Å². The molecule has 0 spiro atoms. The molecule has 2 rings (SSSR count). The van der Waals surface area contributed by atoms with Gasteiger partial charge in [0.15, 0.2) is 5.82 Å². The van der Waals surface area contributed by atoms with E-state index < -0.39 is 0 Å². The molecule has 1 saturated heterocycles. The zero-order valence-electron chi connectivity index (χ0n) is 9.32. The SMILES string of the molecule is Cc1c(N)nnn1CCN1CCCCC1. The van der Waals surface area contributed by atoms with Gasteiger partial charge in [-0.3, -0.25) is 0 Å². The van der Waals surface area contributed by atoms with Gasteiger partial charge in [0, 0.05) is 6.54 Å². The molecule has 0 aliphatic carbocycles. The Kier molecular flexibility index (Phi) is 3.20. The number of piperidine rings is 1. The van der Waals surface area contributed by atoms with Crippen molar-refractivity contribution in [2.24, 2.45) is 0 Å². The standard InChI is InChI=1S/C10H19N5/c1-9-10(11)12-13-15(9)8-7-14-5-3-2-4-6-14/h2-8,11H2,1H3. The van der Waals surface area contributed by atoms with Crippen molar-refractivity contribution in [2.45, 2.75) is 32.7 Å². The Balaban J connectivity index is 1.84. The van der Waals surface area contributed by atoms with E-state index in [1.807, 2.05) is 11.6 Å². The Labute approximate surface area is 90.2 Å². The number of hydrogen-bond acceptors (Lipinski definition) is 4. The number of aromatic nitrogens is 3. The van der Waals surface area contributed by atoms with Crippen molar-refractivity contribution in [3.05, 3.63) is 5.69 Å². The lowest BCUT2D eigenvalue weighted by Gasteiger charge is -2.26. The second-order valence-corrected chi connectivity index (χ2v) is 4.19. The Hall–Kier alpha value is -1.10. The van der Waals surface area contributed by atoms with Crippen molar-refractivity contribution >= 4 is 5.82 Å². The van der Waals surface area contributed by atoms with Crippen LogP contribution in [0.5, 0.6) is 0 Å². The van der Waals surface area contributed by atoms with Crippen molar-refractivity contribution in [3.63, 3.8) is 0 Å². The molecule has 0 bridgehead atoms. The third-order valence-corrected chi connectivity index (χ3v) is 3.09. The van der Waals surface area contributed by atoms with Crippen molar-refractivity contribution in [3.8, 4) is 0 Å². The number of rotatable bonds is 3. The molecule has 1 aliphatic rings. The van der Waals surface area contributed by atoms with Crippen LogP contribution < -0.4 is 5.73 Å². The average molecular weight is 209 g/mol. The maximum Gasteiger partial charge on any atom is 0.168 e. The van der Waals surface area contributed by atoms with E-state index in [0.29, 0.717) is 5.82 Å². The maximum atomic E-state index is 5.64. The minimum Gasteiger partial charge on any atom is -0.381 e. The predicted molar refractivity (Wildman–Crippen MR) is 59.5 cm³/mol. The monoisotopic (exact) mass is 209 g/mol. The normalized spacial score (nSPS) is 18.2. The van der Waals surface area contributed by atoms with Gasteiger partial charge in [0.25, 0.3) is 0 Å². The van der Waals surface area contributed by atoms with Gasteiger partial charge in [0.05, 0.1) is 12.2 Å². The molecule has 1 aliphatic heterocycles. The van der Waals surface area contributed by atoms with Crippen molar-refractivity contribution < 1.29 is 0 Å². The van der Waals surface area contributed by atoms with E-state index in [1.165, 1.54) is 32.4 Å². The molecule has 0 aromatic carbocycles. The molecule has 84 valence electrons. The summed E-state index contributed by atoms with van der Waals surface area (Å²) in [5.41, 5.74) is 6.62. The molecule has 5 heteroatoms. The zero-order chi connectivity index (χ0) is 10.7. The highest BCUT2D eigenvalue weighted by atomic mass is 15.4. The van der Waals surface area contributed by atoms with Crippen LogP contribution in [0.3, 0.4) is 0 Å². The van der Waals surface area contributed by atoms with E-state index in [4.69, 9.17) is 5.73 Å². The lowest BCUT2D eigenvalue weighted by atomic mass is 10.1. The van der Waals surface area contributed by atoms with Gasteiger partial charge in [-0.2, -0.15) is 0 Å². The summed E-state index contributed by atoms with van der Waals surface area (Å²) in [7, 11) is 0. The quantitative estimate of drug-likeness (QED) is 0.794. The highest BCUT2D eigenvalue weighted by Gasteiger charge is 2.11. The Morgan fingerprint density at radius 3 is 2.53 bits per heavy atom. The average Bonchev–Trinajstić information content (AvgIpc) is 2.59. The van der Waals surface area contributed by atoms with Gasteiger partial charge < -0.3 is 10.6 Å². The first kappa shape index (κ1) is 10.4. The van der Waals surface area contributed by atoms with Crippen LogP contribution in [-0.2, 0) is 6.54 Å². The van der Waals surface area contributed by atoms with Gasteiger partial charge in [-0.1, -0.05) is 11.6 Å². The molecule has 1 aromatic rings. The van der Waals surface area contributed by atoms with Crippen LogP contribution >= 0.6 is 0 Å². The number of hydrogen-bond donors (Lipinski definition) is 1.